The molecule has 0 saturated carbocycles. The lowest BCUT2D eigenvalue weighted by atomic mass is 10.1. The molecule has 1 atom stereocenters. The Labute approximate surface area is 189 Å². The van der Waals surface area contributed by atoms with Gasteiger partial charge >= 0.3 is 0 Å². The molecule has 0 bridgehead atoms. The molecule has 0 radical (unpaired) electrons. The smallest absolute Gasteiger partial charge is 0.165 e. The predicted octanol–water partition coefficient (Wildman–Crippen LogP) is 3.61. The molecule has 4 rings (SSSR count). The molecule has 1 aromatic carbocycles. The van der Waals surface area contributed by atoms with Gasteiger partial charge in [0.15, 0.2) is 11.6 Å². The molecule has 6 nitrogen and oxygen atoms in total. The molecule has 4 aromatic rings. The van der Waals surface area contributed by atoms with E-state index in [4.69, 9.17) is 10.8 Å². The third-order valence-electron chi connectivity index (χ3n) is 4.76. The van der Waals surface area contributed by atoms with Crippen molar-refractivity contribution in [3.8, 4) is 23.2 Å². The van der Waals surface area contributed by atoms with Crippen LogP contribution in [-0.2, 0) is 6.42 Å². The van der Waals surface area contributed by atoms with Crippen LogP contribution in [0.1, 0.15) is 17.5 Å². The second kappa shape index (κ2) is 10.3. The summed E-state index contributed by atoms with van der Waals surface area (Å²) in [6.07, 6.45) is 3.73. The van der Waals surface area contributed by atoms with E-state index in [2.05, 4.69) is 32.1 Å². The minimum Gasteiger partial charge on any atom is -0.395 e. The van der Waals surface area contributed by atoms with Gasteiger partial charge in [-0.05, 0) is 18.1 Å². The SMILES string of the molecule is N[C@@H](CNc1nc(-c2ccncc2F)nc2c(C#CCCO)csc12)Cc1ccccc1. The summed E-state index contributed by atoms with van der Waals surface area (Å²) in [6.45, 7) is 0.479. The van der Waals surface area contributed by atoms with Crippen LogP contribution in [0.3, 0.4) is 0 Å². The van der Waals surface area contributed by atoms with Crippen LogP contribution in [0.5, 0.6) is 0 Å². The number of thiophene rings is 1. The Balaban J connectivity index is 1.67. The number of aromatic nitrogens is 3. The van der Waals surface area contributed by atoms with Gasteiger partial charge in [-0.1, -0.05) is 42.2 Å². The predicted molar refractivity (Wildman–Crippen MR) is 126 cm³/mol. The first-order chi connectivity index (χ1) is 15.7. The highest BCUT2D eigenvalue weighted by Crippen LogP contribution is 2.32. The number of benzene rings is 1. The van der Waals surface area contributed by atoms with Gasteiger partial charge in [-0.25, -0.2) is 14.4 Å². The Bertz CT molecular complexity index is 1270. The van der Waals surface area contributed by atoms with E-state index in [1.165, 1.54) is 17.5 Å². The van der Waals surface area contributed by atoms with E-state index in [0.29, 0.717) is 29.9 Å². The Kier molecular flexibility index (Phi) is 7.02. The number of hydrogen-bond donors (Lipinski definition) is 3. The minimum atomic E-state index is -0.498. The number of nitrogens with zero attached hydrogens (tertiary/aromatic N) is 3. The number of halogens is 1. The van der Waals surface area contributed by atoms with Crippen molar-refractivity contribution in [1.29, 1.82) is 0 Å². The Hall–Kier alpha value is -3.38. The van der Waals surface area contributed by atoms with Crippen LogP contribution in [0.25, 0.3) is 21.6 Å². The summed E-state index contributed by atoms with van der Waals surface area (Å²) in [5, 5.41) is 14.2. The summed E-state index contributed by atoms with van der Waals surface area (Å²) >= 11 is 1.46. The molecule has 0 aliphatic carbocycles. The van der Waals surface area contributed by atoms with Crippen molar-refractivity contribution in [2.24, 2.45) is 5.73 Å². The first-order valence-electron chi connectivity index (χ1n) is 10.2. The maximum absolute atomic E-state index is 14.4. The van der Waals surface area contributed by atoms with Crippen molar-refractivity contribution < 1.29 is 9.50 Å². The average molecular weight is 448 g/mol. The fourth-order valence-corrected chi connectivity index (χ4v) is 4.14. The quantitative estimate of drug-likeness (QED) is 0.375. The number of pyridine rings is 1. The maximum Gasteiger partial charge on any atom is 0.165 e. The number of fused-ring (bicyclic) bond motifs is 1. The second-order valence-corrected chi connectivity index (χ2v) is 8.06. The standard InChI is InChI=1S/C24H22FN5OS/c25-20-14-27-10-9-19(20)23-29-21-17(8-4-5-11-31)15-32-22(21)24(30-23)28-13-18(26)12-16-6-2-1-3-7-16/h1-3,6-7,9-10,14-15,18,31H,5,11-13,26H2,(H,28,29,30)/t18-/m1/s1. The van der Waals surface area contributed by atoms with Crippen LogP contribution in [-0.4, -0.2) is 39.3 Å². The maximum atomic E-state index is 14.4. The van der Waals surface area contributed by atoms with E-state index < -0.39 is 5.82 Å². The van der Waals surface area contributed by atoms with Gasteiger partial charge in [0.1, 0.15) is 11.3 Å². The number of rotatable bonds is 7. The molecule has 0 saturated heterocycles. The third-order valence-corrected chi connectivity index (χ3v) is 5.74. The molecule has 0 spiro atoms. The lowest BCUT2D eigenvalue weighted by molar-refractivity contribution is 0.305. The van der Waals surface area contributed by atoms with Crippen LogP contribution in [0.2, 0.25) is 0 Å². The van der Waals surface area contributed by atoms with E-state index in [-0.39, 0.29) is 24.0 Å². The number of aliphatic hydroxyl groups is 1. The van der Waals surface area contributed by atoms with Crippen molar-refractivity contribution in [3.63, 3.8) is 0 Å². The van der Waals surface area contributed by atoms with Gasteiger partial charge < -0.3 is 16.2 Å². The molecule has 4 N–H and O–H groups in total. The normalized spacial score (nSPS) is 11.7. The second-order valence-electron chi connectivity index (χ2n) is 7.18. The first kappa shape index (κ1) is 21.8. The molecule has 0 aliphatic rings. The molecule has 0 aliphatic heterocycles. The van der Waals surface area contributed by atoms with E-state index in [1.807, 2.05) is 35.7 Å². The number of nitrogens with one attached hydrogen (secondary N) is 1. The van der Waals surface area contributed by atoms with Crippen molar-refractivity contribution in [1.82, 2.24) is 15.0 Å². The lowest BCUT2D eigenvalue weighted by Crippen LogP contribution is -2.31. The molecule has 32 heavy (non-hydrogen) atoms. The van der Waals surface area contributed by atoms with E-state index in [9.17, 15) is 4.39 Å². The fourth-order valence-electron chi connectivity index (χ4n) is 3.23. The number of hydrogen-bond acceptors (Lipinski definition) is 7. The largest absolute Gasteiger partial charge is 0.395 e. The van der Waals surface area contributed by atoms with E-state index in [1.54, 1.807) is 6.07 Å². The van der Waals surface area contributed by atoms with Crippen LogP contribution >= 0.6 is 11.3 Å². The number of nitrogens with two attached hydrogens (primary N) is 1. The summed E-state index contributed by atoms with van der Waals surface area (Å²) in [5.41, 5.74) is 9.12. The number of aliphatic hydroxyl groups excluding tert-OH is 1. The first-order valence-corrected chi connectivity index (χ1v) is 11.1. The summed E-state index contributed by atoms with van der Waals surface area (Å²) in [4.78, 5) is 13.0. The Morgan fingerprint density at radius 3 is 2.81 bits per heavy atom. The average Bonchev–Trinajstić information content (AvgIpc) is 3.22. The summed E-state index contributed by atoms with van der Waals surface area (Å²) in [7, 11) is 0. The van der Waals surface area contributed by atoms with Crippen molar-refractivity contribution >= 4 is 27.4 Å². The molecule has 162 valence electrons. The van der Waals surface area contributed by atoms with Crippen molar-refractivity contribution in [3.05, 3.63) is 71.1 Å². The zero-order valence-electron chi connectivity index (χ0n) is 17.3. The van der Waals surface area contributed by atoms with Crippen LogP contribution in [0.15, 0.2) is 54.2 Å². The van der Waals surface area contributed by atoms with Crippen molar-refractivity contribution in [2.45, 2.75) is 18.9 Å². The molecule has 3 heterocycles. The van der Waals surface area contributed by atoms with Gasteiger partial charge in [0, 0.05) is 30.6 Å². The summed E-state index contributed by atoms with van der Waals surface area (Å²) < 4.78 is 15.2. The molecular weight excluding hydrogens is 425 g/mol. The number of anilines is 1. The van der Waals surface area contributed by atoms with E-state index >= 15 is 0 Å². The monoisotopic (exact) mass is 447 g/mol. The zero-order valence-corrected chi connectivity index (χ0v) is 18.1. The molecule has 0 fully saturated rings. The Morgan fingerprint density at radius 1 is 1.19 bits per heavy atom. The lowest BCUT2D eigenvalue weighted by Gasteiger charge is -2.14. The summed E-state index contributed by atoms with van der Waals surface area (Å²) in [6, 6.07) is 11.5. The van der Waals surface area contributed by atoms with Crippen molar-refractivity contribution in [2.75, 3.05) is 18.5 Å². The molecule has 0 amide bonds. The topological polar surface area (TPSA) is 97.0 Å². The van der Waals surface area contributed by atoms with E-state index in [0.717, 1.165) is 22.9 Å². The highest BCUT2D eigenvalue weighted by Gasteiger charge is 2.17. The van der Waals surface area contributed by atoms with Gasteiger partial charge in [0.05, 0.1) is 28.6 Å². The van der Waals surface area contributed by atoms with Crippen LogP contribution < -0.4 is 11.1 Å². The van der Waals surface area contributed by atoms with Gasteiger partial charge in [0.2, 0.25) is 0 Å². The minimum absolute atomic E-state index is 0.0103. The molecule has 3 aromatic heterocycles. The zero-order chi connectivity index (χ0) is 22.3. The highest BCUT2D eigenvalue weighted by atomic mass is 32.1. The van der Waals surface area contributed by atoms with Crippen LogP contribution in [0, 0.1) is 17.7 Å². The third kappa shape index (κ3) is 5.08. The van der Waals surface area contributed by atoms with Gasteiger partial charge in [-0.15, -0.1) is 11.3 Å². The highest BCUT2D eigenvalue weighted by molar-refractivity contribution is 7.18. The fraction of sp³-hybridized carbons (Fsp3) is 0.208. The Morgan fingerprint density at radius 2 is 2.03 bits per heavy atom. The molecule has 0 unspecified atom stereocenters. The van der Waals surface area contributed by atoms with Crippen LogP contribution in [0.4, 0.5) is 10.2 Å². The van der Waals surface area contributed by atoms with Gasteiger partial charge in [-0.2, -0.15) is 0 Å². The molecule has 8 heteroatoms. The van der Waals surface area contributed by atoms with Gasteiger partial charge in [-0.3, -0.25) is 4.98 Å². The molecular formula is C24H22FN5OS. The summed E-state index contributed by atoms with van der Waals surface area (Å²) in [5.74, 6) is 6.30. The van der Waals surface area contributed by atoms with Gasteiger partial charge in [0.25, 0.3) is 0 Å².